The number of phenolic OH excluding ortho intramolecular Hbond substituents is 1. The highest BCUT2D eigenvalue weighted by atomic mass is 32.1. The fraction of sp³-hybridized carbons (Fsp3) is 0. The van der Waals surface area contributed by atoms with Crippen molar-refractivity contribution < 1.29 is 5.11 Å². The van der Waals surface area contributed by atoms with Crippen molar-refractivity contribution in [3.63, 3.8) is 0 Å². The summed E-state index contributed by atoms with van der Waals surface area (Å²) in [6, 6.07) is 13.0. The van der Waals surface area contributed by atoms with E-state index in [0.29, 0.717) is 5.56 Å². The summed E-state index contributed by atoms with van der Waals surface area (Å²) >= 11 is 4.76. The van der Waals surface area contributed by atoms with Crippen molar-refractivity contribution in [3.8, 4) is 11.8 Å². The lowest BCUT2D eigenvalue weighted by molar-refractivity contribution is 0.480. The lowest BCUT2D eigenvalue weighted by Crippen LogP contribution is -2.09. The molecule has 2 rings (SSSR count). The number of hydrogen-bond donors (Lipinski definition) is 2. The molecule has 3 N–H and O–H groups in total. The van der Waals surface area contributed by atoms with Gasteiger partial charge in [0.25, 0.3) is 0 Å². The third-order valence-electron chi connectivity index (χ3n) is 2.62. The van der Waals surface area contributed by atoms with Crippen LogP contribution in [0.4, 0.5) is 0 Å². The Labute approximate surface area is 110 Å². The van der Waals surface area contributed by atoms with E-state index in [0.717, 1.165) is 10.8 Å². The molecule has 0 aliphatic rings. The van der Waals surface area contributed by atoms with Crippen molar-refractivity contribution in [2.45, 2.75) is 0 Å². The fourth-order valence-corrected chi connectivity index (χ4v) is 1.81. The van der Waals surface area contributed by atoms with Gasteiger partial charge in [-0.05, 0) is 11.5 Å². The molecule has 0 aliphatic carbocycles. The summed E-state index contributed by atoms with van der Waals surface area (Å²) in [7, 11) is 0. The Kier molecular flexibility index (Phi) is 3.26. The van der Waals surface area contributed by atoms with Crippen LogP contribution in [0.2, 0.25) is 0 Å². The molecule has 0 saturated heterocycles. The maximum absolute atomic E-state index is 10.1. The van der Waals surface area contributed by atoms with Crippen LogP contribution in [0.1, 0.15) is 5.56 Å². The second kappa shape index (κ2) is 4.86. The Morgan fingerprint density at radius 2 is 2.00 bits per heavy atom. The molecule has 4 heteroatoms. The first kappa shape index (κ1) is 12.1. The summed E-state index contributed by atoms with van der Waals surface area (Å²) in [5.74, 6) is 0.122. The van der Waals surface area contributed by atoms with Gasteiger partial charge in [-0.2, -0.15) is 5.26 Å². The molecule has 88 valence electrons. The molecular weight excluding hydrogens is 244 g/mol. The van der Waals surface area contributed by atoms with Crippen LogP contribution < -0.4 is 5.73 Å². The van der Waals surface area contributed by atoms with Crippen LogP contribution in [0.15, 0.2) is 42.0 Å². The van der Waals surface area contributed by atoms with Gasteiger partial charge < -0.3 is 10.8 Å². The zero-order valence-corrected chi connectivity index (χ0v) is 10.2. The highest BCUT2D eigenvalue weighted by molar-refractivity contribution is 7.80. The van der Waals surface area contributed by atoms with Gasteiger partial charge >= 0.3 is 0 Å². The number of thiocarbonyl (C=S) groups is 1. The van der Waals surface area contributed by atoms with Crippen LogP contribution in [0.3, 0.4) is 0 Å². The van der Waals surface area contributed by atoms with Crippen molar-refractivity contribution in [2.75, 3.05) is 0 Å². The van der Waals surface area contributed by atoms with Gasteiger partial charge in [-0.1, -0.05) is 48.6 Å². The van der Waals surface area contributed by atoms with Crippen LogP contribution >= 0.6 is 12.2 Å². The van der Waals surface area contributed by atoms with E-state index >= 15 is 0 Å². The van der Waals surface area contributed by atoms with Gasteiger partial charge in [0.2, 0.25) is 0 Å². The molecule has 0 unspecified atom stereocenters. The van der Waals surface area contributed by atoms with Crippen molar-refractivity contribution in [2.24, 2.45) is 5.73 Å². The number of benzene rings is 2. The monoisotopic (exact) mass is 254 g/mol. The smallest absolute Gasteiger partial charge is 0.130 e. The van der Waals surface area contributed by atoms with Gasteiger partial charge in [-0.3, -0.25) is 0 Å². The van der Waals surface area contributed by atoms with Crippen LogP contribution in [0, 0.1) is 11.3 Å². The van der Waals surface area contributed by atoms with E-state index in [1.54, 1.807) is 6.07 Å². The molecule has 0 aromatic heterocycles. The number of aromatic hydroxyl groups is 1. The zero-order chi connectivity index (χ0) is 13.1. The largest absolute Gasteiger partial charge is 0.507 e. The van der Waals surface area contributed by atoms with Gasteiger partial charge in [0.15, 0.2) is 0 Å². The van der Waals surface area contributed by atoms with Crippen molar-refractivity contribution in [3.05, 3.63) is 47.5 Å². The van der Waals surface area contributed by atoms with E-state index in [2.05, 4.69) is 0 Å². The first-order valence-corrected chi connectivity index (χ1v) is 5.66. The van der Waals surface area contributed by atoms with Crippen LogP contribution in [0.5, 0.6) is 5.75 Å². The number of nitrogens with two attached hydrogens (primary N) is 1. The molecule has 0 aliphatic heterocycles. The first-order chi connectivity index (χ1) is 8.63. The minimum absolute atomic E-state index is 0.0186. The molecule has 3 nitrogen and oxygen atoms in total. The maximum Gasteiger partial charge on any atom is 0.130 e. The highest BCUT2D eigenvalue weighted by Crippen LogP contribution is 2.29. The molecule has 0 saturated carbocycles. The topological polar surface area (TPSA) is 70.0 Å². The number of rotatable bonds is 2. The molecular formula is C14H10N2OS. The maximum atomic E-state index is 10.1. The number of nitrogens with zero attached hydrogens (tertiary/aromatic N) is 1. The average molecular weight is 254 g/mol. The molecule has 0 bridgehead atoms. The number of phenols is 1. The summed E-state index contributed by atoms with van der Waals surface area (Å²) in [6.07, 6.45) is 1.49. The first-order valence-electron chi connectivity index (χ1n) is 5.26. The predicted octanol–water partition coefficient (Wildman–Crippen LogP) is 2.74. The second-order valence-electron chi connectivity index (χ2n) is 3.76. The second-order valence-corrected chi connectivity index (χ2v) is 4.20. The van der Waals surface area contributed by atoms with E-state index in [1.807, 2.05) is 36.4 Å². The van der Waals surface area contributed by atoms with Crippen LogP contribution in [-0.2, 0) is 0 Å². The number of nitriles is 1. The van der Waals surface area contributed by atoms with Gasteiger partial charge in [-0.15, -0.1) is 0 Å². The Morgan fingerprint density at radius 3 is 2.67 bits per heavy atom. The van der Waals surface area contributed by atoms with E-state index in [9.17, 15) is 5.11 Å². The summed E-state index contributed by atoms with van der Waals surface area (Å²) in [5, 5.41) is 20.7. The van der Waals surface area contributed by atoms with Gasteiger partial charge in [0, 0.05) is 10.9 Å². The van der Waals surface area contributed by atoms with Gasteiger partial charge in [-0.25, -0.2) is 0 Å². The summed E-state index contributed by atoms with van der Waals surface area (Å²) < 4.78 is 0. The van der Waals surface area contributed by atoms with Gasteiger partial charge in [0.05, 0.1) is 5.57 Å². The lowest BCUT2D eigenvalue weighted by atomic mass is 10.0. The van der Waals surface area contributed by atoms with E-state index < -0.39 is 0 Å². The lowest BCUT2D eigenvalue weighted by Gasteiger charge is -2.05. The van der Waals surface area contributed by atoms with Crippen LogP contribution in [-0.4, -0.2) is 10.1 Å². The number of hydrogen-bond acceptors (Lipinski definition) is 3. The average Bonchev–Trinajstić information content (AvgIpc) is 2.38. The minimum Gasteiger partial charge on any atom is -0.507 e. The quantitative estimate of drug-likeness (QED) is 0.491. The SMILES string of the molecule is N#CC(=Cc1ccc2ccccc2c1O)C(N)=S. The van der Waals surface area contributed by atoms with E-state index in [4.69, 9.17) is 23.2 Å². The van der Waals surface area contributed by atoms with E-state index in [-0.39, 0.29) is 16.3 Å². The predicted molar refractivity (Wildman–Crippen MR) is 76.0 cm³/mol. The molecule has 18 heavy (non-hydrogen) atoms. The Morgan fingerprint density at radius 1 is 1.28 bits per heavy atom. The normalized spacial score (nSPS) is 11.2. The third kappa shape index (κ3) is 2.17. The van der Waals surface area contributed by atoms with E-state index in [1.165, 1.54) is 6.08 Å². The molecule has 0 heterocycles. The van der Waals surface area contributed by atoms with Crippen molar-refractivity contribution in [1.82, 2.24) is 0 Å². The summed E-state index contributed by atoms with van der Waals surface area (Å²) in [4.78, 5) is 0.0186. The fourth-order valence-electron chi connectivity index (χ4n) is 1.70. The van der Waals surface area contributed by atoms with Gasteiger partial charge in [0.1, 0.15) is 16.8 Å². The Hall–Kier alpha value is -2.38. The molecule has 2 aromatic carbocycles. The number of fused-ring (bicyclic) bond motifs is 1. The van der Waals surface area contributed by atoms with Crippen molar-refractivity contribution >= 4 is 34.1 Å². The molecule has 0 amide bonds. The van der Waals surface area contributed by atoms with Crippen LogP contribution in [0.25, 0.3) is 16.8 Å². The third-order valence-corrected chi connectivity index (χ3v) is 2.84. The summed E-state index contributed by atoms with van der Waals surface area (Å²) in [6.45, 7) is 0. The van der Waals surface area contributed by atoms with Crippen molar-refractivity contribution in [1.29, 1.82) is 5.26 Å². The highest BCUT2D eigenvalue weighted by Gasteiger charge is 2.06. The Bertz CT molecular complexity index is 698. The molecule has 0 spiro atoms. The molecule has 0 fully saturated rings. The minimum atomic E-state index is 0.0186. The molecule has 2 aromatic rings. The molecule has 0 radical (unpaired) electrons. The Balaban J connectivity index is 2.64. The standard InChI is InChI=1S/C14H10N2OS/c15-8-11(14(16)18)7-10-6-5-9-3-1-2-4-12(9)13(10)17/h1-7,17H,(H2,16,18). The summed E-state index contributed by atoms with van der Waals surface area (Å²) in [5.41, 5.74) is 6.12. The zero-order valence-electron chi connectivity index (χ0n) is 9.42. The molecule has 0 atom stereocenters.